The van der Waals surface area contributed by atoms with E-state index in [0.29, 0.717) is 0 Å². The average Bonchev–Trinajstić information content (AvgIpc) is 2.72. The maximum atomic E-state index is 14.0. The van der Waals surface area contributed by atoms with Crippen molar-refractivity contribution in [3.8, 4) is 5.75 Å². The van der Waals surface area contributed by atoms with Crippen LogP contribution in [0.1, 0.15) is 22.7 Å². The number of ether oxygens (including phenoxy) is 1. The summed E-state index contributed by atoms with van der Waals surface area (Å²) in [6, 6.07) is 20.1. The predicted molar refractivity (Wildman–Crippen MR) is 108 cm³/mol. The number of alkyl halides is 2. The lowest BCUT2D eigenvalue weighted by molar-refractivity contribution is -0.676. The van der Waals surface area contributed by atoms with E-state index >= 15 is 0 Å². The Kier molecular flexibility index (Phi) is 7.08. The van der Waals surface area contributed by atoms with Gasteiger partial charge in [0, 0.05) is 11.1 Å². The third kappa shape index (κ3) is 5.84. The molecule has 0 fully saturated rings. The van der Waals surface area contributed by atoms with Crippen molar-refractivity contribution >= 4 is 11.6 Å². The summed E-state index contributed by atoms with van der Waals surface area (Å²) in [6.45, 7) is -1.08. The SMILES string of the molecule is Cc1ccc(NC(=O)C[NH2+][C@@H](c2ccccc2)c2ccc(OC(F)F)cc2)c(F)c1. The van der Waals surface area contributed by atoms with Gasteiger partial charge in [-0.25, -0.2) is 4.39 Å². The largest absolute Gasteiger partial charge is 0.435 e. The quantitative estimate of drug-likeness (QED) is 0.584. The summed E-state index contributed by atoms with van der Waals surface area (Å²) < 4.78 is 43.1. The van der Waals surface area contributed by atoms with Crippen LogP contribution in [0.5, 0.6) is 5.75 Å². The number of amides is 1. The third-order valence-electron chi connectivity index (χ3n) is 4.56. The lowest BCUT2D eigenvalue weighted by Crippen LogP contribution is -2.87. The molecule has 30 heavy (non-hydrogen) atoms. The predicted octanol–water partition coefficient (Wildman–Crippen LogP) is 4.03. The third-order valence-corrected chi connectivity index (χ3v) is 4.56. The zero-order chi connectivity index (χ0) is 21.5. The summed E-state index contributed by atoms with van der Waals surface area (Å²) in [7, 11) is 0. The molecule has 0 unspecified atom stereocenters. The van der Waals surface area contributed by atoms with Crippen molar-refractivity contribution in [3.05, 3.63) is 95.3 Å². The molecule has 3 N–H and O–H groups in total. The number of anilines is 1. The second kappa shape index (κ2) is 9.93. The minimum atomic E-state index is -2.89. The Labute approximate surface area is 172 Å². The second-order valence-corrected chi connectivity index (χ2v) is 6.81. The number of nitrogens with two attached hydrogens (primary N) is 1. The number of benzene rings is 3. The van der Waals surface area contributed by atoms with E-state index in [9.17, 15) is 18.0 Å². The number of carbonyl (C=O) groups is 1. The molecule has 3 aromatic carbocycles. The Bertz CT molecular complexity index is 979. The number of hydrogen-bond acceptors (Lipinski definition) is 2. The first-order chi connectivity index (χ1) is 14.4. The Hall–Kier alpha value is -3.32. The van der Waals surface area contributed by atoms with Crippen LogP contribution in [0.2, 0.25) is 0 Å². The topological polar surface area (TPSA) is 54.9 Å². The molecule has 0 saturated carbocycles. The molecule has 7 heteroatoms. The normalized spacial score (nSPS) is 11.9. The van der Waals surface area contributed by atoms with Crippen molar-refractivity contribution in [2.75, 3.05) is 11.9 Å². The molecule has 156 valence electrons. The first-order valence-electron chi connectivity index (χ1n) is 9.41. The van der Waals surface area contributed by atoms with Crippen molar-refractivity contribution < 1.29 is 28.0 Å². The summed E-state index contributed by atoms with van der Waals surface area (Å²) >= 11 is 0. The number of quaternary nitrogens is 1. The van der Waals surface area contributed by atoms with Gasteiger partial charge in [-0.3, -0.25) is 4.79 Å². The van der Waals surface area contributed by atoms with Gasteiger partial charge in [0.15, 0.2) is 6.54 Å². The molecule has 3 aromatic rings. The maximum absolute atomic E-state index is 14.0. The van der Waals surface area contributed by atoms with Crippen LogP contribution in [0.25, 0.3) is 0 Å². The van der Waals surface area contributed by atoms with Gasteiger partial charge in [-0.05, 0) is 48.9 Å². The average molecular weight is 415 g/mol. The molecule has 0 aliphatic carbocycles. The van der Waals surface area contributed by atoms with Gasteiger partial charge in [-0.2, -0.15) is 8.78 Å². The zero-order valence-electron chi connectivity index (χ0n) is 16.3. The van der Waals surface area contributed by atoms with Crippen LogP contribution in [0.3, 0.4) is 0 Å². The molecule has 0 spiro atoms. The van der Waals surface area contributed by atoms with E-state index in [1.807, 2.05) is 30.3 Å². The molecule has 1 atom stereocenters. The molecule has 0 bridgehead atoms. The lowest BCUT2D eigenvalue weighted by atomic mass is 9.98. The fraction of sp³-hybridized carbons (Fsp3) is 0.174. The summed E-state index contributed by atoms with van der Waals surface area (Å²) in [4.78, 5) is 12.4. The highest BCUT2D eigenvalue weighted by Crippen LogP contribution is 2.22. The second-order valence-electron chi connectivity index (χ2n) is 6.81. The molecule has 3 rings (SSSR count). The molecule has 0 aromatic heterocycles. The number of nitrogens with one attached hydrogen (secondary N) is 1. The monoisotopic (exact) mass is 415 g/mol. The smallest absolute Gasteiger partial charge is 0.387 e. The highest BCUT2D eigenvalue weighted by Gasteiger charge is 2.20. The number of rotatable bonds is 8. The molecule has 0 saturated heterocycles. The molecular weight excluding hydrogens is 393 g/mol. The van der Waals surface area contributed by atoms with Crippen LogP contribution >= 0.6 is 0 Å². The van der Waals surface area contributed by atoms with Crippen LogP contribution in [0.4, 0.5) is 18.9 Å². The summed E-state index contributed by atoms with van der Waals surface area (Å²) in [5.74, 6) is -0.776. The lowest BCUT2D eigenvalue weighted by Gasteiger charge is -2.17. The minimum Gasteiger partial charge on any atom is -0.435 e. The van der Waals surface area contributed by atoms with E-state index in [1.54, 1.807) is 30.4 Å². The summed E-state index contributed by atoms with van der Waals surface area (Å²) in [5, 5.41) is 4.38. The van der Waals surface area contributed by atoms with Gasteiger partial charge in [0.2, 0.25) is 0 Å². The Morgan fingerprint density at radius 1 is 1.00 bits per heavy atom. The van der Waals surface area contributed by atoms with Crippen molar-refractivity contribution in [1.29, 1.82) is 0 Å². The highest BCUT2D eigenvalue weighted by molar-refractivity contribution is 5.91. The Balaban J connectivity index is 1.72. The first kappa shape index (κ1) is 21.4. The Morgan fingerprint density at radius 2 is 1.67 bits per heavy atom. The molecule has 0 aliphatic heterocycles. The van der Waals surface area contributed by atoms with E-state index in [4.69, 9.17) is 0 Å². The first-order valence-corrected chi connectivity index (χ1v) is 9.41. The van der Waals surface area contributed by atoms with E-state index < -0.39 is 12.4 Å². The van der Waals surface area contributed by atoms with Gasteiger partial charge in [0.05, 0.1) is 5.69 Å². The van der Waals surface area contributed by atoms with E-state index in [0.717, 1.165) is 16.7 Å². The van der Waals surface area contributed by atoms with Crippen molar-refractivity contribution in [2.24, 2.45) is 0 Å². The molecular formula is C23H22F3N2O2+. The standard InChI is InChI=1S/C23H21F3N2O2/c1-15-7-12-20(19(24)13-15)28-21(29)14-27-22(16-5-3-2-4-6-16)17-8-10-18(11-9-17)30-23(25)26/h2-13,22-23,27H,14H2,1H3,(H,28,29)/p+1/t22-/m0/s1. The zero-order valence-corrected chi connectivity index (χ0v) is 16.3. The fourth-order valence-corrected chi connectivity index (χ4v) is 3.13. The fourth-order valence-electron chi connectivity index (χ4n) is 3.13. The van der Waals surface area contributed by atoms with Gasteiger partial charge in [-0.15, -0.1) is 0 Å². The van der Waals surface area contributed by atoms with Gasteiger partial charge >= 0.3 is 6.61 Å². The van der Waals surface area contributed by atoms with Crippen molar-refractivity contribution in [2.45, 2.75) is 19.6 Å². The van der Waals surface area contributed by atoms with Crippen LogP contribution in [-0.2, 0) is 4.79 Å². The number of halogens is 3. The van der Waals surface area contributed by atoms with Gasteiger partial charge < -0.3 is 15.4 Å². The van der Waals surface area contributed by atoms with E-state index in [-0.39, 0.29) is 29.9 Å². The van der Waals surface area contributed by atoms with E-state index in [1.165, 1.54) is 24.3 Å². The molecule has 0 aliphatic rings. The van der Waals surface area contributed by atoms with Gasteiger partial charge in [0.1, 0.15) is 17.6 Å². The van der Waals surface area contributed by atoms with Crippen molar-refractivity contribution in [3.63, 3.8) is 0 Å². The van der Waals surface area contributed by atoms with Crippen LogP contribution in [0, 0.1) is 12.7 Å². The van der Waals surface area contributed by atoms with E-state index in [2.05, 4.69) is 10.1 Å². The van der Waals surface area contributed by atoms with Crippen LogP contribution in [-0.4, -0.2) is 19.1 Å². The number of aryl methyl sites for hydroxylation is 1. The number of carbonyl (C=O) groups excluding carboxylic acids is 1. The van der Waals surface area contributed by atoms with Gasteiger partial charge in [0.25, 0.3) is 5.91 Å². The summed E-state index contributed by atoms with van der Waals surface area (Å²) in [6.07, 6.45) is 0. The molecule has 0 radical (unpaired) electrons. The Morgan fingerprint density at radius 3 is 2.30 bits per heavy atom. The molecule has 1 amide bonds. The van der Waals surface area contributed by atoms with Crippen LogP contribution < -0.4 is 15.4 Å². The molecule has 0 heterocycles. The molecule has 4 nitrogen and oxygen atoms in total. The highest BCUT2D eigenvalue weighted by atomic mass is 19.3. The summed E-state index contributed by atoms with van der Waals surface area (Å²) in [5.41, 5.74) is 2.65. The maximum Gasteiger partial charge on any atom is 0.387 e. The minimum absolute atomic E-state index is 0.0438. The van der Waals surface area contributed by atoms with Crippen LogP contribution in [0.15, 0.2) is 72.8 Å². The van der Waals surface area contributed by atoms with Gasteiger partial charge in [-0.1, -0.05) is 36.4 Å². The number of hydrogen-bond donors (Lipinski definition) is 2. The van der Waals surface area contributed by atoms with Crippen molar-refractivity contribution in [1.82, 2.24) is 0 Å².